The van der Waals surface area contributed by atoms with Crippen LogP contribution in [0.15, 0.2) is 28.7 Å². The number of hydrogen-bond acceptors (Lipinski definition) is 2. The molecule has 3 nitrogen and oxygen atoms in total. The highest BCUT2D eigenvalue weighted by Crippen LogP contribution is 2.25. The number of aromatic nitrogens is 2. The predicted molar refractivity (Wildman–Crippen MR) is 89.7 cm³/mol. The Morgan fingerprint density at radius 3 is 2.71 bits per heavy atom. The predicted octanol–water partition coefficient (Wildman–Crippen LogP) is 3.79. The topological polar surface area (TPSA) is 38.0 Å². The van der Waals surface area contributed by atoms with Gasteiger partial charge in [-0.2, -0.15) is 5.10 Å². The Morgan fingerprint density at radius 2 is 2.14 bits per heavy atom. The molecule has 21 heavy (non-hydrogen) atoms. The van der Waals surface area contributed by atoms with Crippen molar-refractivity contribution in [2.45, 2.75) is 26.2 Å². The first-order chi connectivity index (χ1) is 10.0. The zero-order valence-corrected chi connectivity index (χ0v) is 14.7. The molecular formula is C16H20BrClN2O. The Balaban J connectivity index is 2.14. The number of benzene rings is 1. The summed E-state index contributed by atoms with van der Waals surface area (Å²) in [5.41, 5.74) is 3.34. The van der Waals surface area contributed by atoms with Crippen LogP contribution in [0.2, 0.25) is 5.02 Å². The first kappa shape index (κ1) is 16.5. The van der Waals surface area contributed by atoms with Gasteiger partial charge in [0.25, 0.3) is 0 Å². The zero-order valence-electron chi connectivity index (χ0n) is 12.3. The van der Waals surface area contributed by atoms with Gasteiger partial charge in [-0.15, -0.1) is 0 Å². The lowest BCUT2D eigenvalue weighted by atomic mass is 9.95. The molecule has 0 spiro atoms. The second-order valence-electron chi connectivity index (χ2n) is 5.27. The van der Waals surface area contributed by atoms with Crippen molar-refractivity contribution in [1.29, 1.82) is 0 Å². The molecule has 5 heteroatoms. The number of hydrogen-bond donors (Lipinski definition) is 1. The molecular weight excluding hydrogens is 352 g/mol. The van der Waals surface area contributed by atoms with Gasteiger partial charge in [0.15, 0.2) is 0 Å². The molecule has 1 N–H and O–H groups in total. The third-order valence-corrected chi connectivity index (χ3v) is 4.81. The highest BCUT2D eigenvalue weighted by Gasteiger charge is 2.18. The Morgan fingerprint density at radius 1 is 1.38 bits per heavy atom. The maximum Gasteiger partial charge on any atom is 0.0766 e. The fourth-order valence-electron chi connectivity index (χ4n) is 2.51. The van der Waals surface area contributed by atoms with Crippen molar-refractivity contribution >= 4 is 27.5 Å². The van der Waals surface area contributed by atoms with Gasteiger partial charge in [0.2, 0.25) is 0 Å². The van der Waals surface area contributed by atoms with Crippen molar-refractivity contribution in [2.75, 3.05) is 6.61 Å². The summed E-state index contributed by atoms with van der Waals surface area (Å²) < 4.78 is 2.97. The summed E-state index contributed by atoms with van der Waals surface area (Å²) in [6.07, 6.45) is 2.48. The minimum atomic E-state index is 0.144. The molecule has 0 saturated carbocycles. The summed E-state index contributed by atoms with van der Waals surface area (Å²) in [6, 6.07) is 7.82. The fourth-order valence-corrected chi connectivity index (χ4v) is 3.50. The monoisotopic (exact) mass is 370 g/mol. The van der Waals surface area contributed by atoms with Crippen LogP contribution < -0.4 is 0 Å². The van der Waals surface area contributed by atoms with E-state index in [0.717, 1.165) is 45.7 Å². The molecule has 0 amide bonds. The van der Waals surface area contributed by atoms with Gasteiger partial charge in [-0.25, -0.2) is 0 Å². The first-order valence-corrected chi connectivity index (χ1v) is 8.27. The summed E-state index contributed by atoms with van der Waals surface area (Å²) in [6.45, 7) is 2.23. The van der Waals surface area contributed by atoms with Crippen LogP contribution >= 0.6 is 27.5 Å². The van der Waals surface area contributed by atoms with Crippen LogP contribution in [-0.2, 0) is 26.3 Å². The maximum absolute atomic E-state index is 9.69. The van der Waals surface area contributed by atoms with E-state index in [0.29, 0.717) is 0 Å². The fraction of sp³-hybridized carbons (Fsp3) is 0.438. The normalized spacial score (nSPS) is 12.6. The summed E-state index contributed by atoms with van der Waals surface area (Å²) in [5, 5.41) is 14.9. The molecule has 0 aliphatic heterocycles. The van der Waals surface area contributed by atoms with Crippen LogP contribution in [0.4, 0.5) is 0 Å². The quantitative estimate of drug-likeness (QED) is 0.839. The zero-order chi connectivity index (χ0) is 15.4. The Labute approximate surface area is 139 Å². The first-order valence-electron chi connectivity index (χ1n) is 7.10. The standard InChI is InChI=1S/C16H20BrClN2O/c1-3-14-16(17)15(20(2)19-14)9-12(10-21)7-11-5-4-6-13(18)8-11/h4-6,8,12,21H,3,7,9-10H2,1-2H3. The van der Waals surface area contributed by atoms with Gasteiger partial charge in [0, 0.05) is 18.7 Å². The molecule has 1 heterocycles. The molecule has 0 fully saturated rings. The van der Waals surface area contributed by atoms with Crippen LogP contribution in [0, 0.1) is 5.92 Å². The minimum absolute atomic E-state index is 0.144. The molecule has 0 aliphatic carbocycles. The summed E-state index contributed by atoms with van der Waals surface area (Å²) >= 11 is 9.65. The van der Waals surface area contributed by atoms with Gasteiger partial charge >= 0.3 is 0 Å². The lowest BCUT2D eigenvalue weighted by molar-refractivity contribution is 0.223. The molecule has 1 aromatic heterocycles. The molecule has 1 unspecified atom stereocenters. The van der Waals surface area contributed by atoms with Crippen LogP contribution in [-0.4, -0.2) is 21.5 Å². The van der Waals surface area contributed by atoms with Crippen molar-refractivity contribution in [3.8, 4) is 0 Å². The third kappa shape index (κ3) is 4.09. The van der Waals surface area contributed by atoms with Gasteiger partial charge in [0.1, 0.15) is 0 Å². The van der Waals surface area contributed by atoms with E-state index in [2.05, 4.69) is 28.0 Å². The average Bonchev–Trinajstić information content (AvgIpc) is 2.73. The van der Waals surface area contributed by atoms with E-state index in [1.807, 2.05) is 36.0 Å². The number of halogens is 2. The third-order valence-electron chi connectivity index (χ3n) is 3.66. The molecule has 2 rings (SSSR count). The van der Waals surface area contributed by atoms with E-state index < -0.39 is 0 Å². The summed E-state index contributed by atoms with van der Waals surface area (Å²) in [4.78, 5) is 0. The number of rotatable bonds is 6. The van der Waals surface area contributed by atoms with Crippen molar-refractivity contribution in [2.24, 2.45) is 13.0 Å². The highest BCUT2D eigenvalue weighted by atomic mass is 79.9. The molecule has 0 bridgehead atoms. The Kier molecular flexibility index (Phi) is 5.85. The van der Waals surface area contributed by atoms with Gasteiger partial charge in [-0.3, -0.25) is 4.68 Å². The summed E-state index contributed by atoms with van der Waals surface area (Å²) in [5.74, 6) is 0.153. The van der Waals surface area contributed by atoms with Gasteiger partial charge in [0.05, 0.1) is 15.9 Å². The molecule has 114 valence electrons. The maximum atomic E-state index is 9.69. The largest absolute Gasteiger partial charge is 0.396 e. The van der Waals surface area contributed by atoms with E-state index in [9.17, 15) is 5.11 Å². The molecule has 1 aromatic carbocycles. The molecule has 0 saturated heterocycles. The molecule has 2 aromatic rings. The molecule has 0 radical (unpaired) electrons. The second kappa shape index (κ2) is 7.43. The Hall–Kier alpha value is -0.840. The van der Waals surface area contributed by atoms with E-state index in [-0.39, 0.29) is 12.5 Å². The van der Waals surface area contributed by atoms with Crippen LogP contribution in [0.1, 0.15) is 23.9 Å². The van der Waals surface area contributed by atoms with Crippen LogP contribution in [0.25, 0.3) is 0 Å². The van der Waals surface area contributed by atoms with Gasteiger partial charge < -0.3 is 5.11 Å². The number of aliphatic hydroxyl groups is 1. The van der Waals surface area contributed by atoms with E-state index >= 15 is 0 Å². The second-order valence-corrected chi connectivity index (χ2v) is 6.50. The Bertz CT molecular complexity index is 612. The number of aliphatic hydroxyl groups excluding tert-OH is 1. The lowest BCUT2D eigenvalue weighted by Gasteiger charge is -2.15. The average molecular weight is 372 g/mol. The van der Waals surface area contributed by atoms with Gasteiger partial charge in [-0.05, 0) is 58.8 Å². The van der Waals surface area contributed by atoms with Crippen molar-refractivity contribution in [3.05, 3.63) is 50.7 Å². The lowest BCUT2D eigenvalue weighted by Crippen LogP contribution is -2.15. The number of nitrogens with zero attached hydrogens (tertiary/aromatic N) is 2. The molecule has 1 atom stereocenters. The van der Waals surface area contributed by atoms with E-state index in [1.54, 1.807) is 0 Å². The van der Waals surface area contributed by atoms with E-state index in [1.165, 1.54) is 0 Å². The minimum Gasteiger partial charge on any atom is -0.396 e. The van der Waals surface area contributed by atoms with Crippen molar-refractivity contribution < 1.29 is 5.11 Å². The number of aryl methyl sites for hydroxylation is 2. The summed E-state index contributed by atoms with van der Waals surface area (Å²) in [7, 11) is 1.95. The van der Waals surface area contributed by atoms with Crippen molar-refractivity contribution in [1.82, 2.24) is 9.78 Å². The molecule has 0 aliphatic rings. The highest BCUT2D eigenvalue weighted by molar-refractivity contribution is 9.10. The van der Waals surface area contributed by atoms with Crippen LogP contribution in [0.3, 0.4) is 0 Å². The van der Waals surface area contributed by atoms with Crippen LogP contribution in [0.5, 0.6) is 0 Å². The smallest absolute Gasteiger partial charge is 0.0766 e. The van der Waals surface area contributed by atoms with Gasteiger partial charge in [-0.1, -0.05) is 30.7 Å². The van der Waals surface area contributed by atoms with E-state index in [4.69, 9.17) is 11.6 Å². The van der Waals surface area contributed by atoms with Crippen molar-refractivity contribution in [3.63, 3.8) is 0 Å². The SMILES string of the molecule is CCc1nn(C)c(CC(CO)Cc2cccc(Cl)c2)c1Br.